The standard InChI is InChI=1S/C46H60ClN9O8S2/c1-28-30(3)65-44-40(28)41(33-10-12-34(47)13-11-33)51-36(42-55-54-32(5)56(42)44)27-39(59)49-18-17-48-37(57)14-19-61-21-23-63-25-26-64-24-22-62-20-15-38(58)53-46(6)16-8-7-9-35(46)43(60)52-45-50-29(2)31(4)66-45/h7-13,16,35-36,42,55H,14-15,17-27H2,1-6H3,(H,48,57)(H,49,59)(H,53,58)(H,50,52,60)/t35?,36-,42?,46?/m0/s1. The third-order valence-electron chi connectivity index (χ3n) is 11.3. The van der Waals surface area contributed by atoms with Gasteiger partial charge in [-0.25, -0.2) is 4.98 Å². The lowest BCUT2D eigenvalue weighted by atomic mass is 9.81. The number of fused-ring (bicyclic) bond motifs is 3. The minimum Gasteiger partial charge on any atom is -0.379 e. The fraction of sp³-hybridized carbons (Fsp3) is 0.500. The van der Waals surface area contributed by atoms with E-state index < -0.39 is 17.5 Å². The number of aromatic nitrogens is 1. The van der Waals surface area contributed by atoms with Gasteiger partial charge in [0.15, 0.2) is 5.13 Å². The zero-order chi connectivity index (χ0) is 47.2. The van der Waals surface area contributed by atoms with E-state index in [1.54, 1.807) is 23.5 Å². The number of hydrazone groups is 1. The van der Waals surface area contributed by atoms with Gasteiger partial charge < -0.3 is 40.2 Å². The summed E-state index contributed by atoms with van der Waals surface area (Å²) in [5.41, 5.74) is 7.09. The second-order valence-corrected chi connectivity index (χ2v) is 19.0. The Bertz CT molecular complexity index is 2290. The molecule has 2 aliphatic heterocycles. The van der Waals surface area contributed by atoms with Gasteiger partial charge in [-0.3, -0.25) is 34.5 Å². The largest absolute Gasteiger partial charge is 0.379 e. The van der Waals surface area contributed by atoms with E-state index in [4.69, 9.17) is 35.5 Å². The fourth-order valence-corrected chi connectivity index (χ4v) is 9.66. The van der Waals surface area contributed by atoms with Crippen molar-refractivity contribution in [3.8, 4) is 0 Å². The number of allylic oxidation sites excluding steroid dienone is 2. The smallest absolute Gasteiger partial charge is 0.235 e. The quantitative estimate of drug-likeness (QED) is 0.0747. The Balaban J connectivity index is 0.774. The number of rotatable bonds is 24. The van der Waals surface area contributed by atoms with E-state index in [2.05, 4.69) is 55.5 Å². The number of hydrogen-bond acceptors (Lipinski definition) is 15. The average molecular weight is 967 g/mol. The van der Waals surface area contributed by atoms with E-state index in [0.717, 1.165) is 43.8 Å². The first-order valence-corrected chi connectivity index (χ1v) is 24.0. The Morgan fingerprint density at radius 1 is 0.803 bits per heavy atom. The molecule has 3 aromatic rings. The van der Waals surface area contributed by atoms with E-state index in [1.165, 1.54) is 16.2 Å². The van der Waals surface area contributed by atoms with Gasteiger partial charge in [-0.1, -0.05) is 48.0 Å². The molecular weight excluding hydrogens is 906 g/mol. The van der Waals surface area contributed by atoms with E-state index in [0.29, 0.717) is 49.8 Å². The molecule has 2 aromatic heterocycles. The highest BCUT2D eigenvalue weighted by Crippen LogP contribution is 2.42. The summed E-state index contributed by atoms with van der Waals surface area (Å²) in [4.78, 5) is 65.5. The number of hydrogen-bond donors (Lipinski definition) is 5. The van der Waals surface area contributed by atoms with Crippen LogP contribution in [0.1, 0.15) is 65.2 Å². The Kier molecular flexibility index (Phi) is 18.4. The molecule has 0 bridgehead atoms. The Hall–Kier alpha value is -5.02. The van der Waals surface area contributed by atoms with Gasteiger partial charge in [0.05, 0.1) is 88.2 Å². The van der Waals surface area contributed by atoms with Gasteiger partial charge in [0, 0.05) is 51.8 Å². The Morgan fingerprint density at radius 2 is 1.42 bits per heavy atom. The third-order valence-corrected chi connectivity index (χ3v) is 13.7. The van der Waals surface area contributed by atoms with Crippen LogP contribution in [-0.2, 0) is 38.1 Å². The van der Waals surface area contributed by atoms with E-state index in [-0.39, 0.29) is 75.4 Å². The van der Waals surface area contributed by atoms with Crippen LogP contribution in [0.3, 0.4) is 0 Å². The maximum atomic E-state index is 13.3. The van der Waals surface area contributed by atoms with Crippen molar-refractivity contribution in [1.29, 1.82) is 0 Å². The minimum absolute atomic E-state index is 0.116. The predicted molar refractivity (Wildman–Crippen MR) is 259 cm³/mol. The van der Waals surface area contributed by atoms with Crippen LogP contribution in [0.5, 0.6) is 0 Å². The number of carbonyl (C=O) groups excluding carboxylic acids is 4. The van der Waals surface area contributed by atoms with Crippen molar-refractivity contribution in [2.24, 2.45) is 16.0 Å². The van der Waals surface area contributed by atoms with Crippen molar-refractivity contribution in [3.63, 3.8) is 0 Å². The number of halogens is 1. The van der Waals surface area contributed by atoms with Gasteiger partial charge in [0.25, 0.3) is 0 Å². The summed E-state index contributed by atoms with van der Waals surface area (Å²) in [6, 6.07) is 7.14. The molecule has 0 spiro atoms. The number of thiophene rings is 1. The highest BCUT2D eigenvalue weighted by molar-refractivity contribution is 7.17. The van der Waals surface area contributed by atoms with Gasteiger partial charge in [0.2, 0.25) is 23.6 Å². The van der Waals surface area contributed by atoms with Crippen molar-refractivity contribution in [2.45, 2.75) is 78.6 Å². The van der Waals surface area contributed by atoms with Crippen molar-refractivity contribution >= 4 is 79.6 Å². The molecule has 4 atom stereocenters. The van der Waals surface area contributed by atoms with Gasteiger partial charge in [0.1, 0.15) is 17.0 Å². The van der Waals surface area contributed by atoms with Crippen LogP contribution in [0.2, 0.25) is 5.02 Å². The van der Waals surface area contributed by atoms with Gasteiger partial charge in [-0.2, -0.15) is 5.10 Å². The molecule has 66 heavy (non-hydrogen) atoms. The first-order valence-electron chi connectivity index (χ1n) is 22.0. The second kappa shape index (κ2) is 24.1. The van der Waals surface area contributed by atoms with Crippen LogP contribution >= 0.6 is 34.3 Å². The van der Waals surface area contributed by atoms with Gasteiger partial charge in [-0.05, 0) is 59.2 Å². The number of nitrogens with zero attached hydrogens (tertiary/aromatic N) is 4. The van der Waals surface area contributed by atoms with Crippen molar-refractivity contribution < 1.29 is 38.1 Å². The number of amidine groups is 1. The van der Waals surface area contributed by atoms with Crippen LogP contribution in [0.15, 0.2) is 58.7 Å². The highest BCUT2D eigenvalue weighted by atomic mass is 35.5. The lowest BCUT2D eigenvalue weighted by molar-refractivity contribution is -0.126. The molecule has 0 fully saturated rings. The lowest BCUT2D eigenvalue weighted by Crippen LogP contribution is -2.54. The van der Waals surface area contributed by atoms with Gasteiger partial charge in [-0.15, -0.1) is 22.7 Å². The Morgan fingerprint density at radius 3 is 2.06 bits per heavy atom. The molecule has 3 aliphatic rings. The molecule has 3 unspecified atom stereocenters. The summed E-state index contributed by atoms with van der Waals surface area (Å²) < 4.78 is 22.2. The van der Waals surface area contributed by atoms with Crippen molar-refractivity contribution in [2.75, 3.05) is 76.2 Å². The molecule has 4 heterocycles. The second-order valence-electron chi connectivity index (χ2n) is 16.2. The maximum Gasteiger partial charge on any atom is 0.235 e. The summed E-state index contributed by atoms with van der Waals surface area (Å²) in [5, 5.41) is 18.3. The monoisotopic (exact) mass is 965 g/mol. The molecule has 6 rings (SSSR count). The highest BCUT2D eigenvalue weighted by Gasteiger charge is 2.41. The van der Waals surface area contributed by atoms with Crippen LogP contribution < -0.4 is 31.6 Å². The van der Waals surface area contributed by atoms with Crippen LogP contribution in [0.25, 0.3) is 0 Å². The number of thiazole rings is 1. The summed E-state index contributed by atoms with van der Waals surface area (Å²) in [6.07, 6.45) is 7.28. The zero-order valence-corrected chi connectivity index (χ0v) is 40.7. The maximum absolute atomic E-state index is 13.3. The first kappa shape index (κ1) is 50.4. The fourth-order valence-electron chi connectivity index (χ4n) is 7.48. The van der Waals surface area contributed by atoms with Crippen molar-refractivity contribution in [1.82, 2.24) is 26.4 Å². The van der Waals surface area contributed by atoms with Crippen molar-refractivity contribution in [3.05, 3.63) is 85.7 Å². The molecular formula is C46H60ClN9O8S2. The molecule has 0 saturated carbocycles. The molecule has 0 radical (unpaired) electrons. The number of nitrogens with one attached hydrogen (secondary N) is 5. The van der Waals surface area contributed by atoms with E-state index in [9.17, 15) is 19.2 Å². The zero-order valence-electron chi connectivity index (χ0n) is 38.3. The third kappa shape index (κ3) is 13.5. The minimum atomic E-state index is -0.900. The normalized spacial score (nSPS) is 19.6. The van der Waals surface area contributed by atoms with E-state index in [1.807, 2.05) is 64.1 Å². The summed E-state index contributed by atoms with van der Waals surface area (Å²) >= 11 is 9.33. The molecule has 0 saturated heterocycles. The SMILES string of the molecule is CC1=NNC2[C@H](CC(=O)NCCNC(=O)CCOCCOCCOCCOCCC(=O)NC3(C)C=CC=CC3C(=O)Nc3nc(C)c(C)s3)N=C(c3ccc(Cl)cc3)c3c(sc(C)c3C)N12. The van der Waals surface area contributed by atoms with E-state index >= 15 is 0 Å². The summed E-state index contributed by atoms with van der Waals surface area (Å²) in [6.45, 7) is 14.8. The molecule has 5 N–H and O–H groups in total. The number of aliphatic imine (C=N–C) groups is 1. The first-order chi connectivity index (χ1) is 31.7. The number of benzene rings is 1. The molecule has 20 heteroatoms. The molecule has 17 nitrogen and oxygen atoms in total. The number of carbonyl (C=O) groups is 4. The lowest BCUT2D eigenvalue weighted by Gasteiger charge is -2.35. The molecule has 1 aliphatic carbocycles. The Labute approximate surface area is 398 Å². The summed E-state index contributed by atoms with van der Waals surface area (Å²) in [5.74, 6) is -0.646. The molecule has 356 valence electrons. The van der Waals surface area contributed by atoms with Crippen LogP contribution in [0.4, 0.5) is 10.1 Å². The number of amides is 4. The van der Waals surface area contributed by atoms with Crippen LogP contribution in [0, 0.1) is 33.6 Å². The number of aryl methyl sites for hydroxylation is 3. The topological polar surface area (TPSA) is 206 Å². The van der Waals surface area contributed by atoms with Crippen LogP contribution in [-0.4, -0.2) is 124 Å². The molecule has 4 amide bonds. The summed E-state index contributed by atoms with van der Waals surface area (Å²) in [7, 11) is 0. The van der Waals surface area contributed by atoms with Gasteiger partial charge >= 0.3 is 0 Å². The predicted octanol–water partition coefficient (Wildman–Crippen LogP) is 5.11. The average Bonchev–Trinajstić information content (AvgIpc) is 3.89. The number of ether oxygens (including phenoxy) is 4. The number of anilines is 2. The molecule has 1 aromatic carbocycles.